The van der Waals surface area contributed by atoms with E-state index in [2.05, 4.69) is 19.2 Å². The number of Topliss-reactive ketones (excluding diaryl/α,β-unsaturated/α-hetero) is 1. The number of rotatable bonds is 5. The van der Waals surface area contributed by atoms with Crippen LogP contribution >= 0.6 is 0 Å². The number of phenols is 1. The number of carbonyl (C=O) groups is 1. The fourth-order valence-electron chi connectivity index (χ4n) is 8.89. The van der Waals surface area contributed by atoms with Crippen molar-refractivity contribution in [3.05, 3.63) is 28.3 Å². The van der Waals surface area contributed by atoms with Gasteiger partial charge in [-0.15, -0.1) is 0 Å². The van der Waals surface area contributed by atoms with E-state index in [-0.39, 0.29) is 29.6 Å². The highest BCUT2D eigenvalue weighted by molar-refractivity contribution is 6.11. The molecule has 4 N–H and O–H groups in total. The third-order valence-corrected chi connectivity index (χ3v) is 11.1. The van der Waals surface area contributed by atoms with Gasteiger partial charge >= 0.3 is 0 Å². The van der Waals surface area contributed by atoms with E-state index >= 15 is 0 Å². The molecule has 42 heavy (non-hydrogen) atoms. The maximum absolute atomic E-state index is 13.1. The SMILES string of the molecule is COc1c2c(c(O)c3c4c(c(C)cc13)C1OC3(C(C)CC5CC(C)C(N)CO5)OC1C(OC)(O4)C31CN1)C(=O)CCC2. The van der Waals surface area contributed by atoms with Gasteiger partial charge in [-0.2, -0.15) is 0 Å². The number of carbonyl (C=O) groups excluding carboxylic acids is 1. The number of benzene rings is 2. The van der Waals surface area contributed by atoms with Crippen LogP contribution in [0.25, 0.3) is 10.8 Å². The second-order valence-electron chi connectivity index (χ2n) is 13.3. The molecular weight excluding hydrogens is 540 g/mol. The van der Waals surface area contributed by atoms with Gasteiger partial charge in [0.15, 0.2) is 23.2 Å². The third-order valence-electron chi connectivity index (χ3n) is 11.1. The van der Waals surface area contributed by atoms with Crippen molar-refractivity contribution in [2.24, 2.45) is 17.6 Å². The van der Waals surface area contributed by atoms with Crippen molar-refractivity contribution in [3.63, 3.8) is 0 Å². The first-order valence-electron chi connectivity index (χ1n) is 15.3. The molecule has 1 spiro atoms. The largest absolute Gasteiger partial charge is 0.506 e. The van der Waals surface area contributed by atoms with Crippen LogP contribution < -0.4 is 20.5 Å². The molecule has 5 heterocycles. The van der Waals surface area contributed by atoms with E-state index in [1.165, 1.54) is 0 Å². The number of hydrogen-bond donors (Lipinski definition) is 3. The van der Waals surface area contributed by atoms with E-state index < -0.39 is 29.3 Å². The van der Waals surface area contributed by atoms with Crippen molar-refractivity contribution < 1.29 is 38.3 Å². The number of fused-ring (bicyclic) bond motifs is 8. The van der Waals surface area contributed by atoms with Crippen molar-refractivity contribution in [2.45, 2.75) is 94.3 Å². The molecule has 2 aromatic carbocycles. The maximum Gasteiger partial charge on any atom is 0.264 e. The summed E-state index contributed by atoms with van der Waals surface area (Å²) in [5.41, 5.74) is 8.27. The van der Waals surface area contributed by atoms with Gasteiger partial charge in [0.05, 0.1) is 30.8 Å². The summed E-state index contributed by atoms with van der Waals surface area (Å²) in [6.45, 7) is 7.48. The van der Waals surface area contributed by atoms with Gasteiger partial charge in [0.2, 0.25) is 0 Å². The van der Waals surface area contributed by atoms with Gasteiger partial charge in [0.25, 0.3) is 5.79 Å². The summed E-state index contributed by atoms with van der Waals surface area (Å²) in [5.74, 6) is -0.970. The molecule has 0 radical (unpaired) electrons. The molecule has 0 aromatic heterocycles. The second kappa shape index (κ2) is 8.80. The number of aryl methyl sites for hydroxylation is 1. The van der Waals surface area contributed by atoms with E-state index in [9.17, 15) is 9.90 Å². The lowest BCUT2D eigenvalue weighted by atomic mass is 9.74. The van der Waals surface area contributed by atoms with Crippen LogP contribution in [0.2, 0.25) is 0 Å². The number of phenolic OH excluding ortho intramolecular Hbond substituents is 1. The van der Waals surface area contributed by atoms with Gasteiger partial charge in [-0.05, 0) is 50.2 Å². The summed E-state index contributed by atoms with van der Waals surface area (Å²) in [4.78, 5) is 13.1. The average molecular weight is 581 g/mol. The van der Waals surface area contributed by atoms with Crippen LogP contribution in [0.1, 0.15) is 72.7 Å². The van der Waals surface area contributed by atoms with Gasteiger partial charge in [0.1, 0.15) is 23.4 Å². The van der Waals surface area contributed by atoms with E-state index in [0.717, 1.165) is 36.0 Å². The van der Waals surface area contributed by atoms with Crippen LogP contribution in [0.3, 0.4) is 0 Å². The molecule has 9 unspecified atom stereocenters. The maximum atomic E-state index is 13.1. The number of nitrogens with one attached hydrogen (secondary N) is 1. The summed E-state index contributed by atoms with van der Waals surface area (Å²) < 4.78 is 39.4. The van der Waals surface area contributed by atoms with Crippen molar-refractivity contribution in [3.8, 4) is 17.2 Å². The van der Waals surface area contributed by atoms with Crippen molar-refractivity contribution in [1.82, 2.24) is 5.32 Å². The quantitative estimate of drug-likeness (QED) is 0.451. The molecular formula is C32H40N2O8. The Balaban J connectivity index is 1.28. The summed E-state index contributed by atoms with van der Waals surface area (Å²) in [6.07, 6.45) is 2.43. The van der Waals surface area contributed by atoms with Gasteiger partial charge in [-0.25, -0.2) is 0 Å². The highest BCUT2D eigenvalue weighted by Crippen LogP contribution is 2.70. The van der Waals surface area contributed by atoms with Crippen LogP contribution in [0.4, 0.5) is 0 Å². The lowest BCUT2D eigenvalue weighted by molar-refractivity contribution is -0.280. The molecule has 0 saturated carbocycles. The van der Waals surface area contributed by atoms with Gasteiger partial charge in [-0.3, -0.25) is 10.1 Å². The Morgan fingerprint density at radius 2 is 2.05 bits per heavy atom. The lowest BCUT2D eigenvalue weighted by Gasteiger charge is -2.51. The Kier molecular flexibility index (Phi) is 5.68. The summed E-state index contributed by atoms with van der Waals surface area (Å²) >= 11 is 0. The smallest absolute Gasteiger partial charge is 0.264 e. The fourth-order valence-corrected chi connectivity index (χ4v) is 8.89. The second-order valence-corrected chi connectivity index (χ2v) is 13.3. The standard InChI is InChI=1S/C32H40N2O8/c1-14-9-17(39-12-20(14)33)11-16(3)31-30(13-34-30)32(38-5)29(42-31)28(41-31)22-15(2)10-19-24(27(22)40-32)25(36)23-18(26(19)37-4)7-6-8-21(23)35/h10,14,16-17,20,28-29,34,36H,6-9,11-13,33H2,1-5H3. The summed E-state index contributed by atoms with van der Waals surface area (Å²) in [6, 6.07) is 2.06. The minimum atomic E-state index is -1.21. The Morgan fingerprint density at radius 3 is 2.74 bits per heavy atom. The molecule has 5 aliphatic heterocycles. The molecule has 4 fully saturated rings. The zero-order chi connectivity index (χ0) is 29.3. The van der Waals surface area contributed by atoms with Crippen LogP contribution in [0, 0.1) is 18.8 Å². The first-order valence-corrected chi connectivity index (χ1v) is 15.3. The van der Waals surface area contributed by atoms with Crippen LogP contribution in [0.15, 0.2) is 6.07 Å². The molecule has 10 nitrogen and oxygen atoms in total. The molecule has 2 bridgehead atoms. The average Bonchev–Trinajstić information content (AvgIpc) is 3.61. The molecule has 8 rings (SSSR count). The number of methoxy groups -OCH3 is 2. The Bertz CT molecular complexity index is 1520. The van der Waals surface area contributed by atoms with E-state index in [1.54, 1.807) is 14.2 Å². The number of aromatic hydroxyl groups is 1. The van der Waals surface area contributed by atoms with E-state index in [1.807, 2.05) is 13.0 Å². The summed E-state index contributed by atoms with van der Waals surface area (Å²) in [5, 5.41) is 16.4. The normalized spacial score (nSPS) is 40.1. The monoisotopic (exact) mass is 580 g/mol. The third kappa shape index (κ3) is 3.08. The van der Waals surface area contributed by atoms with Crippen LogP contribution in [-0.4, -0.2) is 73.6 Å². The zero-order valence-electron chi connectivity index (χ0n) is 24.9. The number of hydrogen-bond acceptors (Lipinski definition) is 10. The zero-order valence-corrected chi connectivity index (χ0v) is 24.9. The highest BCUT2D eigenvalue weighted by atomic mass is 16.8. The number of ketones is 1. The van der Waals surface area contributed by atoms with Crippen LogP contribution in [-0.2, 0) is 25.4 Å². The molecule has 4 saturated heterocycles. The lowest BCUT2D eigenvalue weighted by Crippen LogP contribution is -2.70. The van der Waals surface area contributed by atoms with Crippen molar-refractivity contribution >= 4 is 16.6 Å². The molecule has 226 valence electrons. The van der Waals surface area contributed by atoms with Crippen molar-refractivity contribution in [1.29, 1.82) is 0 Å². The van der Waals surface area contributed by atoms with E-state index in [0.29, 0.717) is 59.7 Å². The Labute approximate surface area is 245 Å². The van der Waals surface area contributed by atoms with Gasteiger partial charge in [-0.1, -0.05) is 13.8 Å². The molecule has 2 aromatic rings. The summed E-state index contributed by atoms with van der Waals surface area (Å²) in [7, 11) is 3.25. The minimum Gasteiger partial charge on any atom is -0.506 e. The molecule has 6 aliphatic rings. The van der Waals surface area contributed by atoms with Gasteiger partial charge < -0.3 is 39.3 Å². The van der Waals surface area contributed by atoms with Crippen LogP contribution in [0.5, 0.6) is 17.2 Å². The predicted octanol–water partition coefficient (Wildman–Crippen LogP) is 3.40. The molecule has 0 amide bonds. The fraction of sp³-hybridized carbons (Fsp3) is 0.656. The predicted molar refractivity (Wildman–Crippen MR) is 152 cm³/mol. The number of nitrogens with two attached hydrogens (primary N) is 1. The van der Waals surface area contributed by atoms with E-state index in [4.69, 9.17) is 34.2 Å². The first kappa shape index (κ1) is 27.1. The Hall–Kier alpha value is -2.47. The van der Waals surface area contributed by atoms with Crippen molar-refractivity contribution in [2.75, 3.05) is 27.4 Å². The topological polar surface area (TPSA) is 141 Å². The molecule has 10 heteroatoms. The molecule has 1 aliphatic carbocycles. The van der Waals surface area contributed by atoms with Gasteiger partial charge in [0, 0.05) is 48.5 Å². The Morgan fingerprint density at radius 1 is 1.26 bits per heavy atom. The number of ether oxygens (including phenoxy) is 6. The minimum absolute atomic E-state index is 0.0485. The molecule has 9 atom stereocenters. The highest BCUT2D eigenvalue weighted by Gasteiger charge is 2.90. The first-order chi connectivity index (χ1) is 20.1.